The predicted octanol–water partition coefficient (Wildman–Crippen LogP) is 4.76. The fraction of sp³-hybridized carbons (Fsp3) is 0.696. The Bertz CT molecular complexity index is 703. The predicted molar refractivity (Wildman–Crippen MR) is 101 cm³/mol. The third-order valence-electron chi connectivity index (χ3n) is 7.80. The lowest BCUT2D eigenvalue weighted by molar-refractivity contribution is -0.164. The first-order valence-corrected chi connectivity index (χ1v) is 10.1. The van der Waals surface area contributed by atoms with E-state index in [1.807, 2.05) is 0 Å². The molecule has 4 unspecified atom stereocenters. The number of hydrogen-bond acceptors (Lipinski definition) is 3. The molecule has 4 atom stereocenters. The minimum Gasteiger partial charge on any atom is -0.347 e. The Balaban J connectivity index is 0.000000814. The van der Waals surface area contributed by atoms with Gasteiger partial charge in [0.25, 0.3) is 0 Å². The summed E-state index contributed by atoms with van der Waals surface area (Å²) in [7, 11) is 0. The summed E-state index contributed by atoms with van der Waals surface area (Å²) in [6, 6.07) is 2.61. The molecule has 5 aliphatic rings. The number of fused-ring (bicyclic) bond motifs is 4. The normalized spacial score (nSPS) is 39.8. The summed E-state index contributed by atoms with van der Waals surface area (Å²) >= 11 is 0. The van der Waals surface area contributed by atoms with Crippen molar-refractivity contribution in [3.63, 3.8) is 0 Å². The van der Waals surface area contributed by atoms with E-state index in [0.717, 1.165) is 45.3 Å². The molecular formula is C23H29NO2. The Kier molecular flexibility index (Phi) is 4.50. The van der Waals surface area contributed by atoms with Crippen molar-refractivity contribution >= 4 is 0 Å². The van der Waals surface area contributed by atoms with E-state index in [4.69, 9.17) is 9.47 Å². The van der Waals surface area contributed by atoms with Crippen LogP contribution in [0.5, 0.6) is 0 Å². The molecule has 3 heteroatoms. The number of terminal acetylenes is 1. The average Bonchev–Trinajstić information content (AvgIpc) is 3.26. The summed E-state index contributed by atoms with van der Waals surface area (Å²) in [5.74, 6) is 1.37. The molecule has 1 saturated heterocycles. The molecule has 0 N–H and O–H groups in total. The van der Waals surface area contributed by atoms with Gasteiger partial charge in [0, 0.05) is 12.8 Å². The molecular weight excluding hydrogens is 322 g/mol. The molecule has 0 aromatic rings. The second kappa shape index (κ2) is 6.56. The standard InChI is InChI=1S/C21H27NO2.C2H2/c1-20-8-6-17-16-7-9-21(23-10-11-24-21)12-14(16)2-4-18(17)19(20)5-3-15(20)13-22;1-2/h6,15,18-19H,2-5,7-12H2,1H3;1-2H. The van der Waals surface area contributed by atoms with Gasteiger partial charge in [0.2, 0.25) is 0 Å². The highest BCUT2D eigenvalue weighted by molar-refractivity contribution is 5.44. The van der Waals surface area contributed by atoms with Crippen LogP contribution in [-0.2, 0) is 9.47 Å². The number of allylic oxidation sites excluding steroid dienone is 3. The molecule has 3 nitrogen and oxygen atoms in total. The van der Waals surface area contributed by atoms with Crippen molar-refractivity contribution in [2.75, 3.05) is 13.2 Å². The topological polar surface area (TPSA) is 42.2 Å². The van der Waals surface area contributed by atoms with Crippen molar-refractivity contribution in [2.24, 2.45) is 23.2 Å². The Hall–Kier alpha value is -1.55. The average molecular weight is 351 g/mol. The van der Waals surface area contributed by atoms with Crippen molar-refractivity contribution in [3.8, 4) is 18.9 Å². The van der Waals surface area contributed by atoms with Gasteiger partial charge < -0.3 is 9.47 Å². The maximum atomic E-state index is 9.56. The fourth-order valence-electron chi connectivity index (χ4n) is 6.51. The van der Waals surface area contributed by atoms with Crippen molar-refractivity contribution in [3.05, 3.63) is 22.8 Å². The van der Waals surface area contributed by atoms with Gasteiger partial charge in [-0.15, -0.1) is 12.8 Å². The number of nitrogens with zero attached hydrogens (tertiary/aromatic N) is 1. The molecule has 4 aliphatic carbocycles. The SMILES string of the molecule is C#C.CC12CC=C3C4=C(CCC3C1CCC2C#N)CC1(CC4)OCCO1. The van der Waals surface area contributed by atoms with E-state index in [1.54, 1.807) is 16.7 Å². The second-order valence-electron chi connectivity index (χ2n) is 8.75. The van der Waals surface area contributed by atoms with E-state index in [2.05, 4.69) is 31.9 Å². The van der Waals surface area contributed by atoms with E-state index >= 15 is 0 Å². The maximum absolute atomic E-state index is 9.56. The molecule has 5 rings (SSSR count). The summed E-state index contributed by atoms with van der Waals surface area (Å²) in [4.78, 5) is 0. The first kappa shape index (κ1) is 17.8. The van der Waals surface area contributed by atoms with Crippen molar-refractivity contribution in [2.45, 2.75) is 64.1 Å². The van der Waals surface area contributed by atoms with Crippen LogP contribution in [0, 0.1) is 47.3 Å². The summed E-state index contributed by atoms with van der Waals surface area (Å²) in [5.41, 5.74) is 5.10. The number of ether oxygens (including phenoxy) is 2. The summed E-state index contributed by atoms with van der Waals surface area (Å²) in [6.45, 7) is 3.89. The second-order valence-corrected chi connectivity index (χ2v) is 8.75. The number of rotatable bonds is 0. The number of hydrogen-bond donors (Lipinski definition) is 0. The van der Waals surface area contributed by atoms with E-state index < -0.39 is 0 Å². The van der Waals surface area contributed by atoms with Crippen molar-refractivity contribution in [1.29, 1.82) is 5.26 Å². The van der Waals surface area contributed by atoms with Gasteiger partial charge in [-0.3, -0.25) is 0 Å². The van der Waals surface area contributed by atoms with Crippen LogP contribution in [0.25, 0.3) is 0 Å². The molecule has 1 saturated carbocycles. The van der Waals surface area contributed by atoms with Crippen LogP contribution in [0.1, 0.15) is 58.3 Å². The van der Waals surface area contributed by atoms with Gasteiger partial charge in [-0.1, -0.05) is 18.6 Å². The van der Waals surface area contributed by atoms with Crippen LogP contribution in [-0.4, -0.2) is 19.0 Å². The molecule has 2 fully saturated rings. The molecule has 1 heterocycles. The van der Waals surface area contributed by atoms with Gasteiger partial charge in [0.15, 0.2) is 5.79 Å². The van der Waals surface area contributed by atoms with Gasteiger partial charge in [-0.25, -0.2) is 0 Å². The quantitative estimate of drug-likeness (QED) is 0.591. The molecule has 0 bridgehead atoms. The molecule has 0 aromatic carbocycles. The van der Waals surface area contributed by atoms with Gasteiger partial charge in [-0.2, -0.15) is 5.26 Å². The highest BCUT2D eigenvalue weighted by Crippen LogP contribution is 2.61. The zero-order chi connectivity index (χ0) is 18.4. The lowest BCUT2D eigenvalue weighted by Gasteiger charge is -2.48. The molecule has 138 valence electrons. The van der Waals surface area contributed by atoms with Crippen LogP contribution in [0.3, 0.4) is 0 Å². The fourth-order valence-corrected chi connectivity index (χ4v) is 6.51. The minimum atomic E-state index is -0.297. The first-order valence-electron chi connectivity index (χ1n) is 10.1. The van der Waals surface area contributed by atoms with Gasteiger partial charge in [-0.05, 0) is 66.9 Å². The lowest BCUT2D eigenvalue weighted by atomic mass is 9.57. The Morgan fingerprint density at radius 1 is 1.15 bits per heavy atom. The molecule has 1 spiro atoms. The Morgan fingerprint density at radius 2 is 1.92 bits per heavy atom. The smallest absolute Gasteiger partial charge is 0.172 e. The molecule has 0 amide bonds. The van der Waals surface area contributed by atoms with Crippen LogP contribution >= 0.6 is 0 Å². The third kappa shape index (κ3) is 2.49. The van der Waals surface area contributed by atoms with Crippen molar-refractivity contribution < 1.29 is 9.47 Å². The summed E-state index contributed by atoms with van der Waals surface area (Å²) < 4.78 is 11.9. The largest absolute Gasteiger partial charge is 0.347 e. The van der Waals surface area contributed by atoms with E-state index in [-0.39, 0.29) is 17.1 Å². The maximum Gasteiger partial charge on any atom is 0.172 e. The van der Waals surface area contributed by atoms with Gasteiger partial charge in [0.05, 0.1) is 25.2 Å². The van der Waals surface area contributed by atoms with Crippen LogP contribution in [0.4, 0.5) is 0 Å². The van der Waals surface area contributed by atoms with Crippen LogP contribution in [0.15, 0.2) is 22.8 Å². The molecule has 26 heavy (non-hydrogen) atoms. The summed E-state index contributed by atoms with van der Waals surface area (Å²) in [6.07, 6.45) is 19.5. The Labute approximate surface area is 157 Å². The van der Waals surface area contributed by atoms with Crippen LogP contribution in [0.2, 0.25) is 0 Å². The minimum absolute atomic E-state index is 0.217. The molecule has 0 aromatic heterocycles. The van der Waals surface area contributed by atoms with Gasteiger partial charge in [0.1, 0.15) is 0 Å². The van der Waals surface area contributed by atoms with Crippen molar-refractivity contribution in [1.82, 2.24) is 0 Å². The van der Waals surface area contributed by atoms with E-state index in [0.29, 0.717) is 11.8 Å². The zero-order valence-electron chi connectivity index (χ0n) is 15.8. The van der Waals surface area contributed by atoms with Crippen LogP contribution < -0.4 is 0 Å². The highest BCUT2D eigenvalue weighted by atomic mass is 16.7. The summed E-state index contributed by atoms with van der Waals surface area (Å²) in [5, 5.41) is 9.56. The lowest BCUT2D eigenvalue weighted by Crippen LogP contribution is -2.40. The van der Waals surface area contributed by atoms with Gasteiger partial charge >= 0.3 is 0 Å². The van der Waals surface area contributed by atoms with E-state index in [9.17, 15) is 5.26 Å². The zero-order valence-corrected chi connectivity index (χ0v) is 15.8. The third-order valence-corrected chi connectivity index (χ3v) is 7.80. The molecule has 1 aliphatic heterocycles. The first-order chi connectivity index (χ1) is 12.7. The number of nitriles is 1. The monoisotopic (exact) mass is 351 g/mol. The Morgan fingerprint density at radius 3 is 2.65 bits per heavy atom. The van der Waals surface area contributed by atoms with E-state index in [1.165, 1.54) is 19.3 Å². The highest BCUT2D eigenvalue weighted by Gasteiger charge is 2.53. The molecule has 0 radical (unpaired) electrons.